The number of aliphatic hydroxyl groups excluding tert-OH is 1. The van der Waals surface area contributed by atoms with Crippen molar-refractivity contribution in [3.63, 3.8) is 0 Å². The molecule has 0 saturated carbocycles. The van der Waals surface area contributed by atoms with Gasteiger partial charge >= 0.3 is 0 Å². The Morgan fingerprint density at radius 3 is 2.71 bits per heavy atom. The van der Waals surface area contributed by atoms with E-state index in [-0.39, 0.29) is 36.4 Å². The Kier molecular flexibility index (Phi) is 6.59. The Hall–Kier alpha value is -1.64. The van der Waals surface area contributed by atoms with Crippen LogP contribution in [0.5, 0.6) is 5.75 Å². The monoisotopic (exact) mass is 356 g/mol. The smallest absolute Gasteiger partial charge is 0.243 e. The third-order valence-corrected chi connectivity index (χ3v) is 5.82. The van der Waals surface area contributed by atoms with Crippen molar-refractivity contribution in [1.29, 1.82) is 0 Å². The molecule has 2 rings (SSSR count). The second-order valence-electron chi connectivity index (χ2n) is 5.62. The fourth-order valence-electron chi connectivity index (χ4n) is 2.72. The molecule has 0 radical (unpaired) electrons. The van der Waals surface area contributed by atoms with Gasteiger partial charge in [0.25, 0.3) is 0 Å². The van der Waals surface area contributed by atoms with E-state index < -0.39 is 10.0 Å². The quantitative estimate of drug-likeness (QED) is 0.746. The lowest BCUT2D eigenvalue weighted by Gasteiger charge is -2.31. The third-order valence-electron chi connectivity index (χ3n) is 3.94. The number of amides is 1. The molecule has 7 nitrogen and oxygen atoms in total. The van der Waals surface area contributed by atoms with E-state index in [1.807, 2.05) is 6.92 Å². The molecule has 1 aliphatic rings. The van der Waals surface area contributed by atoms with Crippen molar-refractivity contribution < 1.29 is 23.1 Å². The largest absolute Gasteiger partial charge is 0.494 e. The molecule has 1 aromatic rings. The SMILES string of the molecule is CCOc1ccc(S(=O)(=O)N2CCC[C@H](C(=O)NCCO)C2)cc1. The van der Waals surface area contributed by atoms with E-state index in [1.54, 1.807) is 12.1 Å². The number of nitrogens with one attached hydrogen (secondary N) is 1. The Balaban J connectivity index is 2.09. The standard InChI is InChI=1S/C16H24N2O5S/c1-2-23-14-5-7-15(8-6-14)24(21,22)18-10-3-4-13(12-18)16(20)17-9-11-19/h5-8,13,19H,2-4,9-12H2,1H3,(H,17,20)/t13-/m0/s1. The summed E-state index contributed by atoms with van der Waals surface area (Å²) in [7, 11) is -3.63. The van der Waals surface area contributed by atoms with Crippen LogP contribution >= 0.6 is 0 Å². The first-order chi connectivity index (χ1) is 11.5. The predicted octanol–water partition coefficient (Wildman–Crippen LogP) is 0.595. The van der Waals surface area contributed by atoms with Crippen molar-refractivity contribution in [2.75, 3.05) is 32.8 Å². The zero-order valence-electron chi connectivity index (χ0n) is 13.8. The Labute approximate surface area is 142 Å². The van der Waals surface area contributed by atoms with E-state index in [0.717, 1.165) is 0 Å². The number of piperidine rings is 1. The number of hydrogen-bond acceptors (Lipinski definition) is 5. The lowest BCUT2D eigenvalue weighted by atomic mass is 9.99. The summed E-state index contributed by atoms with van der Waals surface area (Å²) < 4.78 is 32.2. The molecule has 1 fully saturated rings. The van der Waals surface area contributed by atoms with E-state index in [4.69, 9.17) is 9.84 Å². The van der Waals surface area contributed by atoms with Crippen molar-refractivity contribution in [2.45, 2.75) is 24.7 Å². The van der Waals surface area contributed by atoms with Crippen LogP contribution < -0.4 is 10.1 Å². The Bertz CT molecular complexity index is 645. The molecular formula is C16H24N2O5S. The van der Waals surface area contributed by atoms with Crippen molar-refractivity contribution in [2.24, 2.45) is 5.92 Å². The van der Waals surface area contributed by atoms with Crippen LogP contribution in [0, 0.1) is 5.92 Å². The van der Waals surface area contributed by atoms with Gasteiger partial charge in [-0.25, -0.2) is 8.42 Å². The number of sulfonamides is 1. The van der Waals surface area contributed by atoms with Gasteiger partial charge in [0.1, 0.15) is 5.75 Å². The molecule has 134 valence electrons. The molecule has 2 N–H and O–H groups in total. The van der Waals surface area contributed by atoms with Crippen LogP contribution in [-0.4, -0.2) is 56.6 Å². The van der Waals surface area contributed by atoms with Gasteiger partial charge in [-0.1, -0.05) is 0 Å². The minimum atomic E-state index is -3.63. The summed E-state index contributed by atoms with van der Waals surface area (Å²) in [6.07, 6.45) is 1.28. The maximum absolute atomic E-state index is 12.8. The molecule has 0 aliphatic carbocycles. The molecule has 24 heavy (non-hydrogen) atoms. The van der Waals surface area contributed by atoms with Crippen molar-refractivity contribution in [1.82, 2.24) is 9.62 Å². The lowest BCUT2D eigenvalue weighted by Crippen LogP contribution is -2.45. The van der Waals surface area contributed by atoms with E-state index in [2.05, 4.69) is 5.32 Å². The molecule has 0 spiro atoms. The number of aliphatic hydroxyl groups is 1. The van der Waals surface area contributed by atoms with Crippen LogP contribution in [0.15, 0.2) is 29.2 Å². The summed E-state index contributed by atoms with van der Waals surface area (Å²) in [5, 5.41) is 11.4. The number of benzene rings is 1. The highest BCUT2D eigenvalue weighted by Crippen LogP contribution is 2.25. The van der Waals surface area contributed by atoms with E-state index >= 15 is 0 Å². The summed E-state index contributed by atoms with van der Waals surface area (Å²) in [5.41, 5.74) is 0. The average molecular weight is 356 g/mol. The number of hydrogen-bond donors (Lipinski definition) is 2. The molecule has 0 unspecified atom stereocenters. The molecule has 1 aliphatic heterocycles. The minimum Gasteiger partial charge on any atom is -0.494 e. The molecule has 1 saturated heterocycles. The topological polar surface area (TPSA) is 95.9 Å². The molecule has 1 atom stereocenters. The molecule has 1 aromatic carbocycles. The normalized spacial score (nSPS) is 19.0. The first-order valence-electron chi connectivity index (χ1n) is 8.10. The van der Waals surface area contributed by atoms with Gasteiger partial charge in [0.2, 0.25) is 15.9 Å². The van der Waals surface area contributed by atoms with Gasteiger partial charge < -0.3 is 15.2 Å². The molecule has 1 heterocycles. The summed E-state index contributed by atoms with van der Waals surface area (Å²) in [4.78, 5) is 12.2. The van der Waals surface area contributed by atoms with Gasteiger partial charge in [0.05, 0.1) is 24.0 Å². The Morgan fingerprint density at radius 1 is 1.38 bits per heavy atom. The van der Waals surface area contributed by atoms with Crippen LogP contribution in [0.3, 0.4) is 0 Å². The molecule has 0 aromatic heterocycles. The predicted molar refractivity (Wildman–Crippen MR) is 89.2 cm³/mol. The van der Waals surface area contributed by atoms with Gasteiger partial charge in [-0.3, -0.25) is 4.79 Å². The zero-order chi connectivity index (χ0) is 17.6. The lowest BCUT2D eigenvalue weighted by molar-refractivity contribution is -0.126. The summed E-state index contributed by atoms with van der Waals surface area (Å²) in [5.74, 6) is 0.0229. The number of rotatable bonds is 7. The maximum atomic E-state index is 12.8. The highest BCUT2D eigenvalue weighted by Gasteiger charge is 2.33. The van der Waals surface area contributed by atoms with Gasteiger partial charge in [-0.05, 0) is 44.0 Å². The fourth-order valence-corrected chi connectivity index (χ4v) is 4.25. The fraction of sp³-hybridized carbons (Fsp3) is 0.562. The van der Waals surface area contributed by atoms with Gasteiger partial charge in [-0.15, -0.1) is 0 Å². The zero-order valence-corrected chi connectivity index (χ0v) is 14.6. The molecule has 8 heteroatoms. The third kappa shape index (κ3) is 4.46. The molecule has 0 bridgehead atoms. The van der Waals surface area contributed by atoms with Gasteiger partial charge in [0, 0.05) is 19.6 Å². The first kappa shape index (κ1) is 18.7. The van der Waals surface area contributed by atoms with Gasteiger partial charge in [0.15, 0.2) is 0 Å². The number of ether oxygens (including phenoxy) is 1. The van der Waals surface area contributed by atoms with Crippen LogP contribution in [0.25, 0.3) is 0 Å². The second kappa shape index (κ2) is 8.46. The van der Waals surface area contributed by atoms with Crippen LogP contribution in [0.2, 0.25) is 0 Å². The van der Waals surface area contributed by atoms with Crippen molar-refractivity contribution in [3.8, 4) is 5.75 Å². The maximum Gasteiger partial charge on any atom is 0.243 e. The average Bonchev–Trinajstić information content (AvgIpc) is 2.60. The Morgan fingerprint density at radius 2 is 2.08 bits per heavy atom. The summed E-state index contributed by atoms with van der Waals surface area (Å²) in [6.45, 7) is 2.99. The number of carbonyl (C=O) groups is 1. The van der Waals surface area contributed by atoms with E-state index in [0.29, 0.717) is 31.7 Å². The second-order valence-corrected chi connectivity index (χ2v) is 7.56. The van der Waals surface area contributed by atoms with Gasteiger partial charge in [-0.2, -0.15) is 4.31 Å². The van der Waals surface area contributed by atoms with Crippen molar-refractivity contribution >= 4 is 15.9 Å². The van der Waals surface area contributed by atoms with Crippen LogP contribution in [-0.2, 0) is 14.8 Å². The number of nitrogens with zero attached hydrogens (tertiary/aromatic N) is 1. The van der Waals surface area contributed by atoms with E-state index in [9.17, 15) is 13.2 Å². The summed E-state index contributed by atoms with van der Waals surface area (Å²) in [6, 6.07) is 6.31. The van der Waals surface area contributed by atoms with E-state index in [1.165, 1.54) is 16.4 Å². The van der Waals surface area contributed by atoms with Crippen LogP contribution in [0.4, 0.5) is 0 Å². The van der Waals surface area contributed by atoms with Crippen molar-refractivity contribution in [3.05, 3.63) is 24.3 Å². The van der Waals surface area contributed by atoms with Crippen LogP contribution in [0.1, 0.15) is 19.8 Å². The highest BCUT2D eigenvalue weighted by molar-refractivity contribution is 7.89. The first-order valence-corrected chi connectivity index (χ1v) is 9.54. The summed E-state index contributed by atoms with van der Waals surface area (Å²) >= 11 is 0. The number of carbonyl (C=O) groups excluding carboxylic acids is 1. The highest BCUT2D eigenvalue weighted by atomic mass is 32.2. The molecular weight excluding hydrogens is 332 g/mol. The minimum absolute atomic E-state index is 0.132. The molecule has 1 amide bonds.